The number of allylic oxidation sites excluding steroid dienone is 1. The Morgan fingerprint density at radius 2 is 1.91 bits per heavy atom. The van der Waals surface area contributed by atoms with Crippen LogP contribution in [0.1, 0.15) is 30.8 Å². The first kappa shape index (κ1) is 15.2. The number of aromatic nitrogens is 3. The number of hydrogen-bond donors (Lipinski definition) is 1. The number of hydrogen-bond acceptors (Lipinski definition) is 3. The van der Waals surface area contributed by atoms with E-state index in [4.69, 9.17) is 5.10 Å². The SMILES string of the molecule is CCc1cnc2ccc(/C(C)=C(/NC)c3ccc(F)cc3)nn12. The van der Waals surface area contributed by atoms with Crippen LogP contribution < -0.4 is 5.32 Å². The molecule has 2 aromatic heterocycles. The summed E-state index contributed by atoms with van der Waals surface area (Å²) >= 11 is 0. The van der Waals surface area contributed by atoms with E-state index in [1.165, 1.54) is 12.1 Å². The van der Waals surface area contributed by atoms with Gasteiger partial charge >= 0.3 is 0 Å². The lowest BCUT2D eigenvalue weighted by Crippen LogP contribution is -2.09. The van der Waals surface area contributed by atoms with E-state index in [1.54, 1.807) is 12.1 Å². The molecular weight excluding hydrogens is 291 g/mol. The summed E-state index contributed by atoms with van der Waals surface area (Å²) in [5.41, 5.74) is 5.62. The molecule has 3 aromatic rings. The monoisotopic (exact) mass is 310 g/mol. The minimum absolute atomic E-state index is 0.243. The maximum Gasteiger partial charge on any atom is 0.153 e. The van der Waals surface area contributed by atoms with Crippen LogP contribution in [0.15, 0.2) is 42.6 Å². The number of aryl methyl sites for hydroxylation is 1. The molecule has 0 unspecified atom stereocenters. The number of nitrogens with zero attached hydrogens (tertiary/aromatic N) is 3. The van der Waals surface area contributed by atoms with Crippen LogP contribution in [0.5, 0.6) is 0 Å². The molecule has 0 aliphatic rings. The van der Waals surface area contributed by atoms with E-state index in [0.717, 1.165) is 40.3 Å². The third-order valence-electron chi connectivity index (χ3n) is 3.94. The second-order valence-corrected chi connectivity index (χ2v) is 5.35. The fraction of sp³-hybridized carbons (Fsp3) is 0.222. The van der Waals surface area contributed by atoms with Gasteiger partial charge in [-0.05, 0) is 55.3 Å². The fourth-order valence-electron chi connectivity index (χ4n) is 2.65. The molecule has 0 aliphatic carbocycles. The first-order chi connectivity index (χ1) is 11.1. The summed E-state index contributed by atoms with van der Waals surface area (Å²) in [6, 6.07) is 10.4. The largest absolute Gasteiger partial charge is 0.387 e. The molecule has 0 radical (unpaired) electrons. The Morgan fingerprint density at radius 1 is 1.17 bits per heavy atom. The molecule has 1 aromatic carbocycles. The lowest BCUT2D eigenvalue weighted by molar-refractivity contribution is 0.627. The van der Waals surface area contributed by atoms with Crippen LogP contribution in [0.3, 0.4) is 0 Å². The summed E-state index contributed by atoms with van der Waals surface area (Å²) in [6.45, 7) is 4.09. The minimum Gasteiger partial charge on any atom is -0.387 e. The fourth-order valence-corrected chi connectivity index (χ4v) is 2.65. The third kappa shape index (κ3) is 2.82. The van der Waals surface area contributed by atoms with Crippen molar-refractivity contribution in [2.24, 2.45) is 0 Å². The molecule has 0 spiro atoms. The van der Waals surface area contributed by atoms with Crippen LogP contribution in [-0.2, 0) is 6.42 Å². The van der Waals surface area contributed by atoms with Gasteiger partial charge in [0, 0.05) is 18.3 Å². The normalized spacial score (nSPS) is 12.3. The van der Waals surface area contributed by atoms with Crippen LogP contribution in [0.2, 0.25) is 0 Å². The van der Waals surface area contributed by atoms with Gasteiger partial charge in [-0.1, -0.05) is 6.92 Å². The predicted molar refractivity (Wildman–Crippen MR) is 90.3 cm³/mol. The van der Waals surface area contributed by atoms with Crippen LogP contribution in [0, 0.1) is 5.82 Å². The summed E-state index contributed by atoms with van der Waals surface area (Å²) in [5.74, 6) is -0.243. The highest BCUT2D eigenvalue weighted by Crippen LogP contribution is 2.23. The Morgan fingerprint density at radius 3 is 2.57 bits per heavy atom. The van der Waals surface area contributed by atoms with Gasteiger partial charge in [0.1, 0.15) is 5.82 Å². The van der Waals surface area contributed by atoms with Crippen molar-refractivity contribution in [3.05, 3.63) is 65.4 Å². The molecule has 0 aliphatic heterocycles. The van der Waals surface area contributed by atoms with Crippen LogP contribution in [0.25, 0.3) is 16.9 Å². The molecule has 0 atom stereocenters. The average Bonchev–Trinajstić information content (AvgIpc) is 2.99. The van der Waals surface area contributed by atoms with Crippen molar-refractivity contribution in [3.8, 4) is 0 Å². The van der Waals surface area contributed by atoms with Gasteiger partial charge in [-0.25, -0.2) is 13.9 Å². The number of nitrogens with one attached hydrogen (secondary N) is 1. The Labute approximate surface area is 134 Å². The predicted octanol–water partition coefficient (Wildman–Crippen LogP) is 3.54. The van der Waals surface area contributed by atoms with Crippen molar-refractivity contribution in [1.82, 2.24) is 19.9 Å². The van der Waals surface area contributed by atoms with Crippen molar-refractivity contribution in [2.75, 3.05) is 7.05 Å². The Bertz CT molecular complexity index is 862. The molecule has 118 valence electrons. The average molecular weight is 310 g/mol. The van der Waals surface area contributed by atoms with E-state index in [2.05, 4.69) is 17.2 Å². The Kier molecular flexibility index (Phi) is 4.10. The quantitative estimate of drug-likeness (QED) is 0.801. The van der Waals surface area contributed by atoms with Gasteiger partial charge < -0.3 is 5.32 Å². The van der Waals surface area contributed by atoms with E-state index in [1.807, 2.05) is 36.8 Å². The van der Waals surface area contributed by atoms with Gasteiger partial charge in [-0.15, -0.1) is 0 Å². The van der Waals surface area contributed by atoms with Gasteiger partial charge in [0.2, 0.25) is 0 Å². The summed E-state index contributed by atoms with van der Waals surface area (Å²) < 4.78 is 15.0. The van der Waals surface area contributed by atoms with Gasteiger partial charge in [0.05, 0.1) is 17.6 Å². The molecule has 2 heterocycles. The van der Waals surface area contributed by atoms with Crippen molar-refractivity contribution >= 4 is 16.9 Å². The molecule has 0 amide bonds. The maximum atomic E-state index is 13.1. The van der Waals surface area contributed by atoms with Crippen LogP contribution in [-0.4, -0.2) is 21.6 Å². The van der Waals surface area contributed by atoms with Gasteiger partial charge in [-0.2, -0.15) is 5.10 Å². The molecule has 4 nitrogen and oxygen atoms in total. The lowest BCUT2D eigenvalue weighted by Gasteiger charge is -2.12. The molecule has 23 heavy (non-hydrogen) atoms. The third-order valence-corrected chi connectivity index (χ3v) is 3.94. The number of fused-ring (bicyclic) bond motifs is 1. The molecule has 0 saturated heterocycles. The standard InChI is InChI=1S/C18H19FN4/c1-4-15-11-21-17-10-9-16(22-23(15)17)12(2)18(20-3)13-5-7-14(19)8-6-13/h5-11,20H,4H2,1-3H3/b18-12+. The minimum atomic E-state index is -0.243. The zero-order valence-corrected chi connectivity index (χ0v) is 13.5. The van der Waals surface area contributed by atoms with Gasteiger partial charge in [-0.3, -0.25) is 0 Å². The highest BCUT2D eigenvalue weighted by molar-refractivity contribution is 5.87. The number of halogens is 1. The summed E-state index contributed by atoms with van der Waals surface area (Å²) in [7, 11) is 1.86. The molecular formula is C18H19FN4. The second-order valence-electron chi connectivity index (χ2n) is 5.35. The van der Waals surface area contributed by atoms with Gasteiger partial charge in [0.25, 0.3) is 0 Å². The Hall–Kier alpha value is -2.69. The topological polar surface area (TPSA) is 42.2 Å². The molecule has 0 bridgehead atoms. The number of rotatable bonds is 4. The smallest absolute Gasteiger partial charge is 0.153 e. The van der Waals surface area contributed by atoms with Crippen molar-refractivity contribution < 1.29 is 4.39 Å². The van der Waals surface area contributed by atoms with Crippen molar-refractivity contribution in [3.63, 3.8) is 0 Å². The van der Waals surface area contributed by atoms with Crippen LogP contribution in [0.4, 0.5) is 4.39 Å². The highest BCUT2D eigenvalue weighted by atomic mass is 19.1. The first-order valence-corrected chi connectivity index (χ1v) is 7.62. The van der Waals surface area contributed by atoms with E-state index in [-0.39, 0.29) is 5.82 Å². The summed E-state index contributed by atoms with van der Waals surface area (Å²) in [4.78, 5) is 4.35. The summed E-state index contributed by atoms with van der Waals surface area (Å²) in [5, 5.41) is 7.90. The number of benzene rings is 1. The van der Waals surface area contributed by atoms with E-state index >= 15 is 0 Å². The van der Waals surface area contributed by atoms with Gasteiger partial charge in [0.15, 0.2) is 5.65 Å². The maximum absolute atomic E-state index is 13.1. The second kappa shape index (κ2) is 6.20. The van der Waals surface area contributed by atoms with E-state index < -0.39 is 0 Å². The molecule has 5 heteroatoms. The number of imidazole rings is 1. The highest BCUT2D eigenvalue weighted by Gasteiger charge is 2.10. The molecule has 0 fully saturated rings. The Balaban J connectivity index is 2.12. The van der Waals surface area contributed by atoms with Crippen molar-refractivity contribution in [2.45, 2.75) is 20.3 Å². The first-order valence-electron chi connectivity index (χ1n) is 7.62. The molecule has 3 rings (SSSR count). The van der Waals surface area contributed by atoms with E-state index in [0.29, 0.717) is 0 Å². The molecule has 1 N–H and O–H groups in total. The zero-order valence-electron chi connectivity index (χ0n) is 13.5. The zero-order chi connectivity index (χ0) is 16.4. The van der Waals surface area contributed by atoms with E-state index in [9.17, 15) is 4.39 Å². The summed E-state index contributed by atoms with van der Waals surface area (Å²) in [6.07, 6.45) is 2.72. The molecule has 0 saturated carbocycles. The lowest BCUT2D eigenvalue weighted by atomic mass is 10.0. The van der Waals surface area contributed by atoms with Crippen LogP contribution >= 0.6 is 0 Å². The van der Waals surface area contributed by atoms with Crippen molar-refractivity contribution in [1.29, 1.82) is 0 Å².